The molecule has 2 aromatic carbocycles. The van der Waals surface area contributed by atoms with E-state index in [0.29, 0.717) is 0 Å². The van der Waals surface area contributed by atoms with Gasteiger partial charge in [0.1, 0.15) is 0 Å². The van der Waals surface area contributed by atoms with Gasteiger partial charge in [0.15, 0.2) is 0 Å². The van der Waals surface area contributed by atoms with E-state index in [0.717, 1.165) is 13.1 Å². The molecular weight excluding hydrogens is 242 g/mol. The summed E-state index contributed by atoms with van der Waals surface area (Å²) >= 11 is 0. The Hall–Kier alpha value is -1.60. The van der Waals surface area contributed by atoms with Crippen LogP contribution in [0, 0.1) is 0 Å². The number of fused-ring (bicyclic) bond motifs is 1. The SMILES string of the molecule is CCCNCc1ccccc1-c1ccc2c(c1)CCC2. The maximum absolute atomic E-state index is 3.51. The average Bonchev–Trinajstić information content (AvgIpc) is 2.95. The molecule has 104 valence electrons. The second-order valence-electron chi connectivity index (χ2n) is 5.67. The zero-order valence-electron chi connectivity index (χ0n) is 12.3. The van der Waals surface area contributed by atoms with Crippen molar-refractivity contribution in [1.82, 2.24) is 5.32 Å². The third kappa shape index (κ3) is 2.78. The van der Waals surface area contributed by atoms with Crippen molar-refractivity contribution in [2.45, 2.75) is 39.2 Å². The Morgan fingerprint density at radius 3 is 2.75 bits per heavy atom. The van der Waals surface area contributed by atoms with Crippen LogP contribution in [0.2, 0.25) is 0 Å². The molecule has 1 aliphatic rings. The van der Waals surface area contributed by atoms with Crippen molar-refractivity contribution >= 4 is 0 Å². The molecule has 0 aromatic heterocycles. The quantitative estimate of drug-likeness (QED) is 0.793. The van der Waals surface area contributed by atoms with Gasteiger partial charge in [-0.2, -0.15) is 0 Å². The minimum absolute atomic E-state index is 0.959. The van der Waals surface area contributed by atoms with E-state index in [1.807, 2.05) is 0 Å². The number of hydrogen-bond donors (Lipinski definition) is 1. The Morgan fingerprint density at radius 2 is 1.85 bits per heavy atom. The first-order valence-corrected chi connectivity index (χ1v) is 7.79. The van der Waals surface area contributed by atoms with Gasteiger partial charge in [-0.05, 0) is 60.0 Å². The molecule has 0 atom stereocenters. The van der Waals surface area contributed by atoms with Crippen LogP contribution in [0.15, 0.2) is 42.5 Å². The topological polar surface area (TPSA) is 12.0 Å². The number of hydrogen-bond acceptors (Lipinski definition) is 1. The van der Waals surface area contributed by atoms with E-state index in [4.69, 9.17) is 0 Å². The van der Waals surface area contributed by atoms with Crippen molar-refractivity contribution in [3.05, 3.63) is 59.2 Å². The standard InChI is InChI=1S/C19H23N/c1-2-12-20-14-18-6-3-4-9-19(18)17-11-10-15-7-5-8-16(15)13-17/h3-4,6,9-11,13,20H,2,5,7-8,12,14H2,1H3. The van der Waals surface area contributed by atoms with Gasteiger partial charge in [-0.1, -0.05) is 49.4 Å². The molecule has 0 unspecified atom stereocenters. The summed E-state index contributed by atoms with van der Waals surface area (Å²) < 4.78 is 0. The summed E-state index contributed by atoms with van der Waals surface area (Å²) in [5.41, 5.74) is 7.26. The molecule has 1 aliphatic carbocycles. The van der Waals surface area contributed by atoms with Crippen LogP contribution in [-0.4, -0.2) is 6.54 Å². The number of nitrogens with one attached hydrogen (secondary N) is 1. The molecule has 1 N–H and O–H groups in total. The van der Waals surface area contributed by atoms with E-state index in [-0.39, 0.29) is 0 Å². The Morgan fingerprint density at radius 1 is 1.00 bits per heavy atom. The number of rotatable bonds is 5. The fraction of sp³-hybridized carbons (Fsp3) is 0.368. The summed E-state index contributed by atoms with van der Waals surface area (Å²) in [6.45, 7) is 4.25. The molecule has 0 saturated carbocycles. The maximum atomic E-state index is 3.51. The fourth-order valence-electron chi connectivity index (χ4n) is 3.10. The molecule has 3 rings (SSSR count). The van der Waals surface area contributed by atoms with Crippen molar-refractivity contribution in [2.24, 2.45) is 0 Å². The molecule has 0 fully saturated rings. The van der Waals surface area contributed by atoms with Crippen LogP contribution >= 0.6 is 0 Å². The van der Waals surface area contributed by atoms with Crippen molar-refractivity contribution < 1.29 is 0 Å². The predicted molar refractivity (Wildman–Crippen MR) is 85.9 cm³/mol. The van der Waals surface area contributed by atoms with Crippen LogP contribution in [0.3, 0.4) is 0 Å². The zero-order chi connectivity index (χ0) is 13.8. The Kier molecular flexibility index (Phi) is 4.17. The normalized spacial score (nSPS) is 13.4. The lowest BCUT2D eigenvalue weighted by Crippen LogP contribution is -2.14. The molecule has 0 radical (unpaired) electrons. The Balaban J connectivity index is 1.89. The van der Waals surface area contributed by atoms with Gasteiger partial charge in [-0.15, -0.1) is 0 Å². The number of benzene rings is 2. The number of aryl methyl sites for hydroxylation is 2. The van der Waals surface area contributed by atoms with Crippen LogP contribution < -0.4 is 5.32 Å². The minimum atomic E-state index is 0.959. The smallest absolute Gasteiger partial charge is 0.0211 e. The summed E-state index contributed by atoms with van der Waals surface area (Å²) in [6.07, 6.45) is 5.01. The molecule has 0 spiro atoms. The molecule has 0 heterocycles. The van der Waals surface area contributed by atoms with E-state index < -0.39 is 0 Å². The molecule has 20 heavy (non-hydrogen) atoms. The largest absolute Gasteiger partial charge is 0.313 e. The minimum Gasteiger partial charge on any atom is -0.313 e. The summed E-state index contributed by atoms with van der Waals surface area (Å²) in [5, 5.41) is 3.51. The van der Waals surface area contributed by atoms with Gasteiger partial charge in [0.05, 0.1) is 0 Å². The lowest BCUT2D eigenvalue weighted by Gasteiger charge is -2.12. The van der Waals surface area contributed by atoms with Gasteiger partial charge >= 0.3 is 0 Å². The Labute approximate surface area is 122 Å². The van der Waals surface area contributed by atoms with E-state index in [1.165, 1.54) is 42.4 Å². The first-order valence-electron chi connectivity index (χ1n) is 7.79. The van der Waals surface area contributed by atoms with Gasteiger partial charge in [0.25, 0.3) is 0 Å². The zero-order valence-corrected chi connectivity index (χ0v) is 12.3. The van der Waals surface area contributed by atoms with E-state index in [2.05, 4.69) is 54.7 Å². The second kappa shape index (κ2) is 6.23. The first kappa shape index (κ1) is 13.4. The first-order chi connectivity index (χ1) is 9.88. The summed E-state index contributed by atoms with van der Waals surface area (Å²) in [4.78, 5) is 0. The van der Waals surface area contributed by atoms with Crippen LogP contribution in [0.25, 0.3) is 11.1 Å². The molecule has 2 aromatic rings. The maximum Gasteiger partial charge on any atom is 0.0211 e. The highest BCUT2D eigenvalue weighted by molar-refractivity contribution is 5.68. The monoisotopic (exact) mass is 265 g/mol. The van der Waals surface area contributed by atoms with E-state index >= 15 is 0 Å². The van der Waals surface area contributed by atoms with Crippen molar-refractivity contribution in [3.63, 3.8) is 0 Å². The lowest BCUT2D eigenvalue weighted by atomic mass is 9.96. The van der Waals surface area contributed by atoms with Gasteiger partial charge < -0.3 is 5.32 Å². The van der Waals surface area contributed by atoms with E-state index in [9.17, 15) is 0 Å². The predicted octanol–water partition coefficient (Wildman–Crippen LogP) is 4.34. The van der Waals surface area contributed by atoms with Crippen molar-refractivity contribution in [2.75, 3.05) is 6.54 Å². The molecule has 0 amide bonds. The van der Waals surface area contributed by atoms with E-state index in [1.54, 1.807) is 11.1 Å². The van der Waals surface area contributed by atoms with Crippen LogP contribution in [0.5, 0.6) is 0 Å². The molecule has 1 nitrogen and oxygen atoms in total. The summed E-state index contributed by atoms with van der Waals surface area (Å²) in [7, 11) is 0. The third-order valence-electron chi connectivity index (χ3n) is 4.17. The van der Waals surface area contributed by atoms with Gasteiger partial charge in [0, 0.05) is 6.54 Å². The molecule has 0 bridgehead atoms. The van der Waals surface area contributed by atoms with Crippen LogP contribution in [-0.2, 0) is 19.4 Å². The Bertz CT molecular complexity index is 586. The molecule has 0 aliphatic heterocycles. The van der Waals surface area contributed by atoms with Crippen molar-refractivity contribution in [1.29, 1.82) is 0 Å². The average molecular weight is 265 g/mol. The third-order valence-corrected chi connectivity index (χ3v) is 4.17. The fourth-order valence-corrected chi connectivity index (χ4v) is 3.10. The van der Waals surface area contributed by atoms with Gasteiger partial charge in [0.2, 0.25) is 0 Å². The second-order valence-corrected chi connectivity index (χ2v) is 5.67. The van der Waals surface area contributed by atoms with Crippen LogP contribution in [0.4, 0.5) is 0 Å². The highest BCUT2D eigenvalue weighted by atomic mass is 14.8. The molecular formula is C19H23N. The highest BCUT2D eigenvalue weighted by Crippen LogP contribution is 2.29. The highest BCUT2D eigenvalue weighted by Gasteiger charge is 2.12. The van der Waals surface area contributed by atoms with Gasteiger partial charge in [-0.3, -0.25) is 0 Å². The summed E-state index contributed by atoms with van der Waals surface area (Å²) in [5.74, 6) is 0. The van der Waals surface area contributed by atoms with Gasteiger partial charge in [-0.25, -0.2) is 0 Å². The molecule has 0 saturated heterocycles. The molecule has 1 heteroatoms. The summed E-state index contributed by atoms with van der Waals surface area (Å²) in [6, 6.07) is 15.8. The van der Waals surface area contributed by atoms with Crippen molar-refractivity contribution in [3.8, 4) is 11.1 Å². The van der Waals surface area contributed by atoms with Crippen LogP contribution in [0.1, 0.15) is 36.5 Å². The lowest BCUT2D eigenvalue weighted by molar-refractivity contribution is 0.676.